The topological polar surface area (TPSA) is 98.5 Å². The molecule has 20 heavy (non-hydrogen) atoms. The van der Waals surface area contributed by atoms with E-state index in [1.54, 1.807) is 18.2 Å². The van der Waals surface area contributed by atoms with E-state index >= 15 is 0 Å². The van der Waals surface area contributed by atoms with Gasteiger partial charge in [-0.15, -0.1) is 0 Å². The molecule has 0 aromatic heterocycles. The van der Waals surface area contributed by atoms with Gasteiger partial charge in [-0.05, 0) is 24.1 Å². The van der Waals surface area contributed by atoms with Crippen molar-refractivity contribution in [3.63, 3.8) is 0 Å². The number of sulfone groups is 1. The Kier molecular flexibility index (Phi) is 4.61. The lowest BCUT2D eigenvalue weighted by Crippen LogP contribution is -2.38. The Morgan fingerprint density at radius 2 is 2.25 bits per heavy atom. The van der Waals surface area contributed by atoms with Crippen LogP contribution in [0, 0.1) is 0 Å². The van der Waals surface area contributed by atoms with Crippen molar-refractivity contribution < 1.29 is 17.9 Å². The van der Waals surface area contributed by atoms with Crippen LogP contribution in [0.5, 0.6) is 5.75 Å². The van der Waals surface area contributed by atoms with E-state index in [2.05, 4.69) is 5.32 Å². The molecule has 1 aromatic rings. The molecule has 7 heteroatoms. The maximum Gasteiger partial charge on any atom is 0.258 e. The molecule has 1 amide bonds. The molecule has 1 aliphatic rings. The number of ether oxygens (including phenoxy) is 1. The van der Waals surface area contributed by atoms with E-state index in [-0.39, 0.29) is 30.1 Å². The number of carbonyl (C=O) groups excluding carboxylic acids is 1. The number of hydrogen-bond donors (Lipinski definition) is 2. The minimum absolute atomic E-state index is 0.0153. The van der Waals surface area contributed by atoms with Gasteiger partial charge in [-0.1, -0.05) is 12.1 Å². The Bertz CT molecular complexity index is 586. The predicted octanol–water partition coefficient (Wildman–Crippen LogP) is -0.173. The zero-order chi connectivity index (χ0) is 14.6. The third-order valence-electron chi connectivity index (χ3n) is 3.10. The van der Waals surface area contributed by atoms with Gasteiger partial charge >= 0.3 is 0 Å². The van der Waals surface area contributed by atoms with Crippen LogP contribution >= 0.6 is 0 Å². The molecule has 1 heterocycles. The van der Waals surface area contributed by atoms with Gasteiger partial charge in [-0.3, -0.25) is 4.79 Å². The highest BCUT2D eigenvalue weighted by molar-refractivity contribution is 7.91. The summed E-state index contributed by atoms with van der Waals surface area (Å²) in [4.78, 5) is 11.7. The zero-order valence-corrected chi connectivity index (χ0v) is 11.9. The van der Waals surface area contributed by atoms with Crippen molar-refractivity contribution in [1.29, 1.82) is 0 Å². The Morgan fingerprint density at radius 3 is 2.90 bits per heavy atom. The quantitative estimate of drug-likeness (QED) is 0.786. The Hall–Kier alpha value is -1.60. The molecule has 1 unspecified atom stereocenters. The molecule has 110 valence electrons. The summed E-state index contributed by atoms with van der Waals surface area (Å²) in [7, 11) is -2.99. The van der Waals surface area contributed by atoms with Gasteiger partial charge in [0.2, 0.25) is 0 Å². The molecule has 1 atom stereocenters. The number of benzene rings is 1. The first-order valence-corrected chi connectivity index (χ1v) is 8.22. The maximum atomic E-state index is 11.7. The molecule has 1 fully saturated rings. The summed E-state index contributed by atoms with van der Waals surface area (Å²) in [5, 5.41) is 2.67. The second kappa shape index (κ2) is 6.23. The molecular formula is C13H18N2O4S. The normalized spacial score (nSPS) is 20.6. The van der Waals surface area contributed by atoms with Crippen molar-refractivity contribution >= 4 is 15.7 Å². The van der Waals surface area contributed by atoms with Crippen LogP contribution in [0.15, 0.2) is 24.3 Å². The number of carbonyl (C=O) groups is 1. The number of nitrogens with one attached hydrogen (secondary N) is 1. The monoisotopic (exact) mass is 298 g/mol. The number of amides is 1. The summed E-state index contributed by atoms with van der Waals surface area (Å²) in [5.41, 5.74) is 6.44. The van der Waals surface area contributed by atoms with Gasteiger partial charge in [0, 0.05) is 12.6 Å². The van der Waals surface area contributed by atoms with E-state index in [4.69, 9.17) is 10.5 Å². The van der Waals surface area contributed by atoms with Crippen LogP contribution in [-0.2, 0) is 21.2 Å². The van der Waals surface area contributed by atoms with Crippen LogP contribution < -0.4 is 15.8 Å². The van der Waals surface area contributed by atoms with Crippen molar-refractivity contribution in [1.82, 2.24) is 5.32 Å². The smallest absolute Gasteiger partial charge is 0.258 e. The highest BCUT2D eigenvalue weighted by Gasteiger charge is 2.28. The predicted molar refractivity (Wildman–Crippen MR) is 75.0 cm³/mol. The first-order valence-electron chi connectivity index (χ1n) is 6.40. The molecule has 1 saturated heterocycles. The van der Waals surface area contributed by atoms with Gasteiger partial charge < -0.3 is 15.8 Å². The van der Waals surface area contributed by atoms with Crippen LogP contribution in [0.4, 0.5) is 0 Å². The Labute approximate surface area is 118 Å². The first-order chi connectivity index (χ1) is 9.48. The van der Waals surface area contributed by atoms with Crippen molar-refractivity contribution in [3.05, 3.63) is 29.8 Å². The molecule has 0 saturated carbocycles. The highest BCUT2D eigenvalue weighted by atomic mass is 32.2. The second-order valence-electron chi connectivity index (χ2n) is 4.81. The van der Waals surface area contributed by atoms with Crippen LogP contribution in [0.3, 0.4) is 0 Å². The average Bonchev–Trinajstić information content (AvgIpc) is 2.76. The lowest BCUT2D eigenvalue weighted by molar-refractivity contribution is -0.123. The summed E-state index contributed by atoms with van der Waals surface area (Å²) in [6, 6.07) is 6.89. The third kappa shape index (κ3) is 4.21. The van der Waals surface area contributed by atoms with Gasteiger partial charge in [0.15, 0.2) is 16.4 Å². The van der Waals surface area contributed by atoms with Crippen LogP contribution in [0.1, 0.15) is 12.0 Å². The van der Waals surface area contributed by atoms with Crippen molar-refractivity contribution in [2.24, 2.45) is 5.73 Å². The van der Waals surface area contributed by atoms with E-state index in [0.717, 1.165) is 5.56 Å². The number of hydrogen-bond acceptors (Lipinski definition) is 5. The summed E-state index contributed by atoms with van der Waals surface area (Å²) >= 11 is 0. The molecule has 0 spiro atoms. The van der Waals surface area contributed by atoms with Gasteiger partial charge in [0.25, 0.3) is 5.91 Å². The molecule has 1 aliphatic heterocycles. The fourth-order valence-electron chi connectivity index (χ4n) is 2.09. The fraction of sp³-hybridized carbons (Fsp3) is 0.462. The van der Waals surface area contributed by atoms with Gasteiger partial charge in [-0.2, -0.15) is 0 Å². The third-order valence-corrected chi connectivity index (χ3v) is 4.87. The van der Waals surface area contributed by atoms with Crippen LogP contribution in [-0.4, -0.2) is 38.5 Å². The Balaban J connectivity index is 1.80. The van der Waals surface area contributed by atoms with E-state index in [9.17, 15) is 13.2 Å². The minimum atomic E-state index is -2.99. The van der Waals surface area contributed by atoms with Crippen molar-refractivity contribution in [2.45, 2.75) is 19.0 Å². The van der Waals surface area contributed by atoms with Gasteiger partial charge in [0.05, 0.1) is 11.5 Å². The van der Waals surface area contributed by atoms with E-state index in [0.29, 0.717) is 18.7 Å². The minimum Gasteiger partial charge on any atom is -0.484 e. The zero-order valence-electron chi connectivity index (χ0n) is 11.0. The van der Waals surface area contributed by atoms with Crippen LogP contribution in [0.2, 0.25) is 0 Å². The van der Waals surface area contributed by atoms with E-state index in [1.165, 1.54) is 0 Å². The van der Waals surface area contributed by atoms with Gasteiger partial charge in [0.1, 0.15) is 5.75 Å². The molecular weight excluding hydrogens is 280 g/mol. The van der Waals surface area contributed by atoms with Gasteiger partial charge in [-0.25, -0.2) is 8.42 Å². The SMILES string of the molecule is NCc1cccc(OCC(=O)NC2CCS(=O)(=O)C2)c1. The maximum absolute atomic E-state index is 11.7. The highest BCUT2D eigenvalue weighted by Crippen LogP contribution is 2.13. The standard InChI is InChI=1S/C13H18N2O4S/c14-7-10-2-1-3-12(6-10)19-8-13(16)15-11-4-5-20(17,18)9-11/h1-3,6,11H,4-5,7-9,14H2,(H,15,16). The second-order valence-corrected chi connectivity index (χ2v) is 7.04. The Morgan fingerprint density at radius 1 is 1.45 bits per heavy atom. The number of rotatable bonds is 5. The molecule has 3 N–H and O–H groups in total. The van der Waals surface area contributed by atoms with Crippen molar-refractivity contribution in [2.75, 3.05) is 18.1 Å². The van der Waals surface area contributed by atoms with Crippen molar-refractivity contribution in [3.8, 4) is 5.75 Å². The molecule has 2 rings (SSSR count). The van der Waals surface area contributed by atoms with E-state index in [1.807, 2.05) is 6.07 Å². The molecule has 0 radical (unpaired) electrons. The largest absolute Gasteiger partial charge is 0.484 e. The summed E-state index contributed by atoms with van der Waals surface area (Å²) in [6.45, 7) is 0.272. The first kappa shape index (κ1) is 14.8. The summed E-state index contributed by atoms with van der Waals surface area (Å²) in [5.74, 6) is 0.408. The molecule has 0 aliphatic carbocycles. The molecule has 0 bridgehead atoms. The lowest BCUT2D eigenvalue weighted by atomic mass is 10.2. The molecule has 6 nitrogen and oxygen atoms in total. The summed E-state index contributed by atoms with van der Waals surface area (Å²) < 4.78 is 27.9. The van der Waals surface area contributed by atoms with Crippen LogP contribution in [0.25, 0.3) is 0 Å². The number of nitrogens with two attached hydrogens (primary N) is 1. The molecule has 1 aromatic carbocycles. The fourth-order valence-corrected chi connectivity index (χ4v) is 3.76. The summed E-state index contributed by atoms with van der Waals surface area (Å²) in [6.07, 6.45) is 0.469. The average molecular weight is 298 g/mol. The van der Waals surface area contributed by atoms with E-state index < -0.39 is 9.84 Å². The lowest BCUT2D eigenvalue weighted by Gasteiger charge is -2.12.